The van der Waals surface area contributed by atoms with Crippen LogP contribution >= 0.6 is 0 Å². The molecule has 4 heterocycles. The largest absolute Gasteiger partial charge is 0.507 e. The first-order valence-electron chi connectivity index (χ1n) is 11.1. The minimum absolute atomic E-state index is 0.0299. The number of piperidine rings is 1. The summed E-state index contributed by atoms with van der Waals surface area (Å²) in [6, 6.07) is 5.57. The predicted octanol–water partition coefficient (Wildman–Crippen LogP) is 2.24. The van der Waals surface area contributed by atoms with Gasteiger partial charge in [0.2, 0.25) is 0 Å². The number of phenols is 1. The molecular formula is C22H25FN8O. The van der Waals surface area contributed by atoms with E-state index in [0.29, 0.717) is 40.7 Å². The number of hydrogen-bond acceptors (Lipinski definition) is 8. The van der Waals surface area contributed by atoms with Gasteiger partial charge >= 0.3 is 0 Å². The Labute approximate surface area is 184 Å². The van der Waals surface area contributed by atoms with Gasteiger partial charge in [0.25, 0.3) is 0 Å². The summed E-state index contributed by atoms with van der Waals surface area (Å²) >= 11 is 0. The summed E-state index contributed by atoms with van der Waals surface area (Å²) in [4.78, 5) is 10.8. The third-order valence-electron chi connectivity index (χ3n) is 6.76. The van der Waals surface area contributed by atoms with Gasteiger partial charge in [0, 0.05) is 30.7 Å². The fourth-order valence-electron chi connectivity index (χ4n) is 5.07. The van der Waals surface area contributed by atoms with Gasteiger partial charge in [0.1, 0.15) is 18.2 Å². The zero-order chi connectivity index (χ0) is 21.8. The molecule has 3 aliphatic rings. The minimum Gasteiger partial charge on any atom is -0.507 e. The average Bonchev–Trinajstić information content (AvgIpc) is 3.39. The average molecular weight is 436 g/mol. The lowest BCUT2D eigenvalue weighted by atomic mass is 9.96. The van der Waals surface area contributed by atoms with Crippen LogP contribution in [0.4, 0.5) is 10.2 Å². The van der Waals surface area contributed by atoms with Crippen molar-refractivity contribution in [3.8, 4) is 28.5 Å². The predicted molar refractivity (Wildman–Crippen MR) is 116 cm³/mol. The summed E-state index contributed by atoms with van der Waals surface area (Å²) in [6.45, 7) is 0. The summed E-state index contributed by atoms with van der Waals surface area (Å²) in [5.74, 6) is 1.49. The zero-order valence-electron chi connectivity index (χ0n) is 17.8. The smallest absolute Gasteiger partial charge is 0.185 e. The summed E-state index contributed by atoms with van der Waals surface area (Å²) in [5.41, 5.74) is 1.18. The zero-order valence-corrected chi connectivity index (χ0v) is 17.8. The molecule has 0 spiro atoms. The molecule has 1 saturated carbocycles. The summed E-state index contributed by atoms with van der Waals surface area (Å²) < 4.78 is 16.8. The highest BCUT2D eigenvalue weighted by molar-refractivity contribution is 5.70. The van der Waals surface area contributed by atoms with Crippen molar-refractivity contribution >= 4 is 5.82 Å². The summed E-state index contributed by atoms with van der Waals surface area (Å²) in [5, 5.41) is 26.9. The number of aromatic hydroxyl groups is 1. The van der Waals surface area contributed by atoms with E-state index < -0.39 is 6.17 Å². The summed E-state index contributed by atoms with van der Waals surface area (Å²) in [7, 11) is 1.79. The second kappa shape index (κ2) is 7.47. The van der Waals surface area contributed by atoms with Gasteiger partial charge < -0.3 is 15.3 Å². The van der Waals surface area contributed by atoms with Crippen molar-refractivity contribution in [1.82, 2.24) is 35.3 Å². The topological polar surface area (TPSA) is 105 Å². The van der Waals surface area contributed by atoms with Crippen molar-refractivity contribution in [1.29, 1.82) is 0 Å². The van der Waals surface area contributed by atoms with Crippen LogP contribution in [0.3, 0.4) is 0 Å². The number of aryl methyl sites for hydroxylation is 1. The van der Waals surface area contributed by atoms with Gasteiger partial charge in [-0.05, 0) is 44.2 Å². The quantitative estimate of drug-likeness (QED) is 0.628. The number of fused-ring (bicyclic) bond motifs is 2. The van der Waals surface area contributed by atoms with Gasteiger partial charge in [0.15, 0.2) is 17.5 Å². The number of aromatic nitrogens is 6. The van der Waals surface area contributed by atoms with E-state index in [-0.39, 0.29) is 17.8 Å². The molecule has 6 rings (SSSR count). The van der Waals surface area contributed by atoms with Crippen molar-refractivity contribution in [3.05, 3.63) is 30.7 Å². The fraction of sp³-hybridized carbons (Fsp3) is 0.500. The molecule has 0 amide bonds. The fourth-order valence-corrected chi connectivity index (χ4v) is 5.07. The Morgan fingerprint density at radius 1 is 1.12 bits per heavy atom. The molecule has 2 aliphatic heterocycles. The monoisotopic (exact) mass is 436 g/mol. The first-order chi connectivity index (χ1) is 15.6. The highest BCUT2D eigenvalue weighted by Crippen LogP contribution is 2.40. The number of nitrogens with zero attached hydrogens (tertiary/aromatic N) is 7. The molecule has 1 aromatic carbocycles. The van der Waals surface area contributed by atoms with Gasteiger partial charge in [-0.15, -0.1) is 10.2 Å². The highest BCUT2D eigenvalue weighted by Gasteiger charge is 2.48. The molecule has 10 heteroatoms. The molecule has 166 valence electrons. The molecule has 4 atom stereocenters. The molecule has 1 aliphatic carbocycles. The highest BCUT2D eigenvalue weighted by atomic mass is 19.1. The molecule has 3 aromatic rings. The lowest BCUT2D eigenvalue weighted by Gasteiger charge is -2.40. The van der Waals surface area contributed by atoms with Gasteiger partial charge in [-0.25, -0.2) is 14.4 Å². The van der Waals surface area contributed by atoms with E-state index >= 15 is 4.39 Å². The van der Waals surface area contributed by atoms with Crippen molar-refractivity contribution in [3.63, 3.8) is 0 Å². The number of halogens is 1. The molecule has 2 aromatic heterocycles. The molecular weight excluding hydrogens is 411 g/mol. The number of anilines is 1. The van der Waals surface area contributed by atoms with E-state index in [4.69, 9.17) is 0 Å². The second-order valence-electron chi connectivity index (χ2n) is 9.05. The van der Waals surface area contributed by atoms with Gasteiger partial charge in [-0.3, -0.25) is 4.68 Å². The van der Waals surface area contributed by atoms with Crippen LogP contribution in [0.2, 0.25) is 0 Å². The van der Waals surface area contributed by atoms with Gasteiger partial charge in [-0.2, -0.15) is 5.10 Å². The van der Waals surface area contributed by atoms with E-state index in [1.54, 1.807) is 36.4 Å². The van der Waals surface area contributed by atoms with Crippen LogP contribution < -0.4 is 10.2 Å². The van der Waals surface area contributed by atoms with Crippen LogP contribution in [0, 0.1) is 0 Å². The summed E-state index contributed by atoms with van der Waals surface area (Å²) in [6.07, 6.45) is 7.13. The molecule has 2 saturated heterocycles. The van der Waals surface area contributed by atoms with Crippen LogP contribution in [-0.4, -0.2) is 65.4 Å². The first-order valence-corrected chi connectivity index (χ1v) is 11.1. The number of hydrogen-bond donors (Lipinski definition) is 2. The molecule has 3 fully saturated rings. The molecule has 9 nitrogen and oxygen atoms in total. The molecule has 0 unspecified atom stereocenters. The van der Waals surface area contributed by atoms with Crippen LogP contribution in [-0.2, 0) is 7.05 Å². The molecule has 2 bridgehead atoms. The Balaban J connectivity index is 1.27. The Morgan fingerprint density at radius 2 is 2.00 bits per heavy atom. The normalized spacial score (nSPS) is 26.9. The van der Waals surface area contributed by atoms with E-state index in [9.17, 15) is 5.11 Å². The molecule has 32 heavy (non-hydrogen) atoms. The number of nitrogens with one attached hydrogen (secondary N) is 1. The maximum atomic E-state index is 15.2. The van der Waals surface area contributed by atoms with Crippen molar-refractivity contribution in [2.75, 3.05) is 4.90 Å². The Morgan fingerprint density at radius 3 is 2.69 bits per heavy atom. The Kier molecular flexibility index (Phi) is 4.56. The van der Waals surface area contributed by atoms with E-state index in [0.717, 1.165) is 32.1 Å². The Hall–Kier alpha value is -3.14. The maximum Gasteiger partial charge on any atom is 0.185 e. The SMILES string of the molecule is Cn1cnc(-c2ccc(-c3ncc(N(C4CC4)[C@H]4C[C@@H]5CC[C@@H](N5)[C@H]4F)nn3)c(O)c2)n1. The van der Waals surface area contributed by atoms with Crippen LogP contribution in [0.25, 0.3) is 22.8 Å². The van der Waals surface area contributed by atoms with E-state index in [2.05, 4.69) is 35.5 Å². The number of rotatable bonds is 5. The lowest BCUT2D eigenvalue weighted by Crippen LogP contribution is -2.57. The first kappa shape index (κ1) is 19.5. The van der Waals surface area contributed by atoms with Crippen molar-refractivity contribution in [2.45, 2.75) is 62.4 Å². The van der Waals surface area contributed by atoms with Crippen molar-refractivity contribution in [2.24, 2.45) is 7.05 Å². The number of alkyl halides is 1. The second-order valence-corrected chi connectivity index (χ2v) is 9.05. The number of phenolic OH excluding ortho intramolecular Hbond substituents is 1. The minimum atomic E-state index is -0.923. The van der Waals surface area contributed by atoms with Crippen molar-refractivity contribution < 1.29 is 9.50 Å². The van der Waals surface area contributed by atoms with Crippen LogP contribution in [0.5, 0.6) is 5.75 Å². The van der Waals surface area contributed by atoms with Gasteiger partial charge in [0.05, 0.1) is 17.8 Å². The number of benzene rings is 1. The van der Waals surface area contributed by atoms with Crippen LogP contribution in [0.1, 0.15) is 32.1 Å². The maximum absolute atomic E-state index is 15.2. The van der Waals surface area contributed by atoms with E-state index in [1.165, 1.54) is 0 Å². The Bertz CT molecular complexity index is 1130. The van der Waals surface area contributed by atoms with Gasteiger partial charge in [-0.1, -0.05) is 6.07 Å². The van der Waals surface area contributed by atoms with E-state index in [1.807, 2.05) is 6.07 Å². The third-order valence-corrected chi connectivity index (χ3v) is 6.76. The third kappa shape index (κ3) is 3.38. The lowest BCUT2D eigenvalue weighted by molar-refractivity contribution is 0.171. The molecule has 0 radical (unpaired) electrons. The molecule has 2 N–H and O–H groups in total. The van der Waals surface area contributed by atoms with Crippen LogP contribution in [0.15, 0.2) is 30.7 Å². The standard InChI is InChI=1S/C22H25FN8O/c1-30-11-25-21(29-30)12-2-6-15(18(32)8-12)22-24-10-19(27-28-22)31(14-4-5-14)17-9-13-3-7-16(26-13)20(17)23/h2,6,8,10-11,13-14,16-17,20,26,32H,3-5,7,9H2,1H3/t13-,16+,17-,20+/m0/s1.